The van der Waals surface area contributed by atoms with Gasteiger partial charge in [0.25, 0.3) is 0 Å². The van der Waals surface area contributed by atoms with Crippen molar-refractivity contribution in [3.8, 4) is 0 Å². The Hall–Kier alpha value is -1.30. The van der Waals surface area contributed by atoms with Gasteiger partial charge < -0.3 is 16.4 Å². The van der Waals surface area contributed by atoms with Gasteiger partial charge in [0.15, 0.2) is 5.11 Å². The molecule has 2 rings (SSSR count). The Labute approximate surface area is 125 Å². The van der Waals surface area contributed by atoms with E-state index in [1.165, 1.54) is 0 Å². The van der Waals surface area contributed by atoms with Crippen LogP contribution in [0.3, 0.4) is 0 Å². The van der Waals surface area contributed by atoms with Gasteiger partial charge in [-0.25, -0.2) is 0 Å². The Balaban J connectivity index is 2.51. The molecule has 1 aromatic carbocycles. The first kappa shape index (κ1) is 14.1. The molecular weight excluding hydrogens is 305 g/mol. The minimum absolute atomic E-state index is 0.409. The molecule has 0 radical (unpaired) electrons. The third kappa shape index (κ3) is 2.83. The molecule has 4 nitrogen and oxygen atoms in total. The maximum absolute atomic E-state index is 11.6. The lowest BCUT2D eigenvalue weighted by molar-refractivity contribution is -0.115. The van der Waals surface area contributed by atoms with Crippen molar-refractivity contribution in [1.82, 2.24) is 10.6 Å². The smallest absolute Gasteiger partial charge is 0.248 e. The van der Waals surface area contributed by atoms with Gasteiger partial charge in [0, 0.05) is 5.70 Å². The molecule has 0 bridgehead atoms. The zero-order chi connectivity index (χ0) is 14.2. The van der Waals surface area contributed by atoms with E-state index in [1.54, 1.807) is 25.1 Å². The highest BCUT2D eigenvalue weighted by molar-refractivity contribution is 7.80. The molecule has 100 valence electrons. The number of nitrogens with one attached hydrogen (secondary N) is 2. The molecule has 0 fully saturated rings. The summed E-state index contributed by atoms with van der Waals surface area (Å²) in [4.78, 5) is 11.6. The second-order valence-corrected chi connectivity index (χ2v) is 5.33. The van der Waals surface area contributed by atoms with Gasteiger partial charge in [-0.3, -0.25) is 4.79 Å². The lowest BCUT2D eigenvalue weighted by atomic mass is 9.95. The molecular formula is C12H11Cl2N3OS. The summed E-state index contributed by atoms with van der Waals surface area (Å²) in [6.45, 7) is 1.75. The van der Waals surface area contributed by atoms with Crippen molar-refractivity contribution in [3.63, 3.8) is 0 Å². The van der Waals surface area contributed by atoms with E-state index in [9.17, 15) is 4.79 Å². The van der Waals surface area contributed by atoms with Crippen molar-refractivity contribution < 1.29 is 4.79 Å². The first-order chi connectivity index (χ1) is 8.90. The largest absolute Gasteiger partial charge is 0.366 e. The maximum Gasteiger partial charge on any atom is 0.248 e. The molecule has 1 aromatic rings. The predicted molar refractivity (Wildman–Crippen MR) is 80.0 cm³/mol. The van der Waals surface area contributed by atoms with E-state index in [1.807, 2.05) is 0 Å². The third-order valence-electron chi connectivity index (χ3n) is 2.81. The molecule has 0 unspecified atom stereocenters. The number of hydrogen-bond acceptors (Lipinski definition) is 2. The molecule has 0 saturated heterocycles. The zero-order valence-corrected chi connectivity index (χ0v) is 12.3. The summed E-state index contributed by atoms with van der Waals surface area (Å²) < 4.78 is 0. The highest BCUT2D eigenvalue weighted by Gasteiger charge is 2.28. The van der Waals surface area contributed by atoms with Crippen LogP contribution in [-0.2, 0) is 4.79 Å². The topological polar surface area (TPSA) is 67.2 Å². The molecule has 0 saturated carbocycles. The number of hydrogen-bond donors (Lipinski definition) is 3. The molecule has 4 N–H and O–H groups in total. The minimum atomic E-state index is -0.518. The Morgan fingerprint density at radius 2 is 2.05 bits per heavy atom. The average molecular weight is 316 g/mol. The number of carbonyl (C=O) groups is 1. The monoisotopic (exact) mass is 315 g/mol. The SMILES string of the molecule is CC1=C(C(N)=O)[C@H](c2ccc(Cl)c(Cl)c2)NC(=S)N1. The lowest BCUT2D eigenvalue weighted by Crippen LogP contribution is -2.46. The Bertz CT molecular complexity index is 601. The van der Waals surface area contributed by atoms with Gasteiger partial charge in [-0.15, -0.1) is 0 Å². The molecule has 1 atom stereocenters. The molecule has 1 heterocycles. The number of allylic oxidation sites excluding steroid dienone is 1. The van der Waals surface area contributed by atoms with Gasteiger partial charge in [0.05, 0.1) is 21.7 Å². The zero-order valence-electron chi connectivity index (χ0n) is 9.96. The van der Waals surface area contributed by atoms with Crippen LogP contribution < -0.4 is 16.4 Å². The second-order valence-electron chi connectivity index (χ2n) is 4.11. The first-order valence-electron chi connectivity index (χ1n) is 5.43. The standard InChI is InChI=1S/C12H11Cl2N3OS/c1-5-9(11(15)18)10(17-12(19)16-5)6-2-3-7(13)8(14)4-6/h2-4,10H,1H3,(H2,15,18)(H2,16,17,19)/t10-/m0/s1. The van der Waals surface area contributed by atoms with Crippen molar-refractivity contribution in [2.45, 2.75) is 13.0 Å². The first-order valence-corrected chi connectivity index (χ1v) is 6.59. The summed E-state index contributed by atoms with van der Waals surface area (Å²) in [6, 6.07) is 4.70. The van der Waals surface area contributed by atoms with Crippen LogP contribution in [0.15, 0.2) is 29.5 Å². The molecule has 1 aliphatic heterocycles. The van der Waals surface area contributed by atoms with E-state index in [0.29, 0.717) is 26.4 Å². The van der Waals surface area contributed by atoms with Crippen molar-refractivity contribution >= 4 is 46.4 Å². The van der Waals surface area contributed by atoms with Crippen molar-refractivity contribution in [2.75, 3.05) is 0 Å². The summed E-state index contributed by atoms with van der Waals surface area (Å²) in [5, 5.41) is 7.16. The Kier molecular flexibility index (Phi) is 3.99. The molecule has 1 amide bonds. The van der Waals surface area contributed by atoms with Gasteiger partial charge in [0.1, 0.15) is 0 Å². The molecule has 7 heteroatoms. The number of thiocarbonyl (C=S) groups is 1. The van der Waals surface area contributed by atoms with E-state index in [2.05, 4.69) is 10.6 Å². The number of nitrogens with two attached hydrogens (primary N) is 1. The lowest BCUT2D eigenvalue weighted by Gasteiger charge is -2.29. The normalized spacial score (nSPS) is 18.9. The summed E-state index contributed by atoms with van der Waals surface area (Å²) in [6.07, 6.45) is 0. The van der Waals surface area contributed by atoms with E-state index in [0.717, 1.165) is 5.56 Å². The van der Waals surface area contributed by atoms with Crippen molar-refractivity contribution in [1.29, 1.82) is 0 Å². The average Bonchev–Trinajstić information content (AvgIpc) is 2.31. The van der Waals surface area contributed by atoms with Crippen LogP contribution in [-0.4, -0.2) is 11.0 Å². The minimum Gasteiger partial charge on any atom is -0.366 e. The fraction of sp³-hybridized carbons (Fsp3) is 0.167. The van der Waals surface area contributed by atoms with E-state index in [4.69, 9.17) is 41.2 Å². The number of halogens is 2. The van der Waals surface area contributed by atoms with Crippen LogP contribution >= 0.6 is 35.4 Å². The number of rotatable bonds is 2. The fourth-order valence-corrected chi connectivity index (χ4v) is 2.54. The van der Waals surface area contributed by atoms with Crippen molar-refractivity contribution in [3.05, 3.63) is 45.1 Å². The quantitative estimate of drug-likeness (QED) is 0.732. The van der Waals surface area contributed by atoms with Gasteiger partial charge in [0.2, 0.25) is 5.91 Å². The number of carbonyl (C=O) groups excluding carboxylic acids is 1. The van der Waals surface area contributed by atoms with E-state index >= 15 is 0 Å². The van der Waals surface area contributed by atoms with Crippen LogP contribution in [0, 0.1) is 0 Å². The van der Waals surface area contributed by atoms with Crippen LogP contribution in [0.4, 0.5) is 0 Å². The van der Waals surface area contributed by atoms with Gasteiger partial charge >= 0.3 is 0 Å². The van der Waals surface area contributed by atoms with E-state index in [-0.39, 0.29) is 0 Å². The van der Waals surface area contributed by atoms with Gasteiger partial charge in [-0.05, 0) is 36.8 Å². The highest BCUT2D eigenvalue weighted by Crippen LogP contribution is 2.30. The fourth-order valence-electron chi connectivity index (χ4n) is 1.96. The maximum atomic E-state index is 11.6. The third-order valence-corrected chi connectivity index (χ3v) is 3.77. The van der Waals surface area contributed by atoms with Crippen molar-refractivity contribution in [2.24, 2.45) is 5.73 Å². The van der Waals surface area contributed by atoms with Crippen LogP contribution in [0.2, 0.25) is 10.0 Å². The highest BCUT2D eigenvalue weighted by atomic mass is 35.5. The number of amides is 1. The van der Waals surface area contributed by atoms with E-state index < -0.39 is 11.9 Å². The summed E-state index contributed by atoms with van der Waals surface area (Å²) in [5.74, 6) is -0.518. The molecule has 19 heavy (non-hydrogen) atoms. The number of primary amides is 1. The Morgan fingerprint density at radius 3 is 2.63 bits per heavy atom. The molecule has 0 aromatic heterocycles. The van der Waals surface area contributed by atoms with Gasteiger partial charge in [-0.1, -0.05) is 29.3 Å². The van der Waals surface area contributed by atoms with Gasteiger partial charge in [-0.2, -0.15) is 0 Å². The molecule has 0 spiro atoms. The Morgan fingerprint density at radius 1 is 1.37 bits per heavy atom. The summed E-state index contributed by atoms with van der Waals surface area (Å²) in [7, 11) is 0. The predicted octanol–water partition coefficient (Wildman–Crippen LogP) is 2.27. The summed E-state index contributed by atoms with van der Waals surface area (Å²) >= 11 is 17.0. The number of benzene rings is 1. The summed E-state index contributed by atoms with van der Waals surface area (Å²) in [5.41, 5.74) is 7.24. The van der Waals surface area contributed by atoms with Crippen LogP contribution in [0.25, 0.3) is 0 Å². The van der Waals surface area contributed by atoms with Crippen LogP contribution in [0.5, 0.6) is 0 Å². The molecule has 1 aliphatic rings. The second kappa shape index (κ2) is 5.36. The van der Waals surface area contributed by atoms with Crippen LogP contribution in [0.1, 0.15) is 18.5 Å². The molecule has 0 aliphatic carbocycles.